The smallest absolute Gasteiger partial charge is 0.313 e. The lowest BCUT2D eigenvalue weighted by Crippen LogP contribution is -2.29. The molecule has 0 spiro atoms. The summed E-state index contributed by atoms with van der Waals surface area (Å²) in [5, 5.41) is 8.19. The number of hydrogen-bond donors (Lipinski definition) is 1. The van der Waals surface area contributed by atoms with E-state index in [1.165, 1.54) is 17.8 Å². The third-order valence-electron chi connectivity index (χ3n) is 4.36. The van der Waals surface area contributed by atoms with Gasteiger partial charge in [-0.05, 0) is 12.2 Å². The number of carboxylic acids is 1. The Bertz CT molecular complexity index is 661. The number of unbranched alkanes of at least 4 members (excludes halogenated alkanes) is 1. The van der Waals surface area contributed by atoms with Crippen LogP contribution in [0.15, 0.2) is 23.2 Å². The molecule has 0 unspecified atom stereocenters. The summed E-state index contributed by atoms with van der Waals surface area (Å²) in [6, 6.07) is 0. The van der Waals surface area contributed by atoms with Crippen LogP contribution < -0.4 is 0 Å². The number of aliphatic carboxylic acids is 1. The van der Waals surface area contributed by atoms with Crippen LogP contribution in [0.3, 0.4) is 0 Å². The van der Waals surface area contributed by atoms with Crippen molar-refractivity contribution in [3.05, 3.63) is 23.2 Å². The van der Waals surface area contributed by atoms with Crippen LogP contribution in [0.4, 0.5) is 0 Å². The highest BCUT2D eigenvalue weighted by atomic mass is 32.2. The highest BCUT2D eigenvalue weighted by molar-refractivity contribution is 7.99. The van der Waals surface area contributed by atoms with E-state index < -0.39 is 5.97 Å². The first-order valence-corrected chi connectivity index (χ1v) is 10.3. The SMILES string of the molecule is CCCCSCC(=O)O.O=C1C=C(N2CC2)C(=O)C(N2CC2)=C1N1CC1. The normalized spacial score (nSPS) is 20.7. The van der Waals surface area contributed by atoms with E-state index in [4.69, 9.17) is 5.11 Å². The minimum absolute atomic E-state index is 0.00546. The summed E-state index contributed by atoms with van der Waals surface area (Å²) in [6.45, 7) is 7.50. The van der Waals surface area contributed by atoms with Crippen molar-refractivity contribution in [2.24, 2.45) is 0 Å². The maximum Gasteiger partial charge on any atom is 0.313 e. The van der Waals surface area contributed by atoms with Crippen molar-refractivity contribution in [2.75, 3.05) is 50.8 Å². The standard InChI is InChI=1S/C12H13N3O2.C6H12O2S/c16-9-7-8(13-1-2-13)12(17)11(15-5-6-15)10(9)14-3-4-14;1-2-3-4-9-5-6(7)8/h7H,1-6H2;2-5H2,1H3,(H,7,8). The molecule has 0 radical (unpaired) electrons. The second kappa shape index (κ2) is 8.16. The molecule has 0 aromatic heterocycles. The van der Waals surface area contributed by atoms with Gasteiger partial charge in [0.15, 0.2) is 0 Å². The van der Waals surface area contributed by atoms with Crippen molar-refractivity contribution in [2.45, 2.75) is 19.8 Å². The van der Waals surface area contributed by atoms with Crippen LogP contribution in [0, 0.1) is 0 Å². The second-order valence-corrected chi connectivity index (χ2v) is 7.79. The summed E-state index contributed by atoms with van der Waals surface area (Å²) < 4.78 is 0. The van der Waals surface area contributed by atoms with Crippen molar-refractivity contribution >= 4 is 29.3 Å². The summed E-state index contributed by atoms with van der Waals surface area (Å²) in [5.74, 6) is 0.562. The Kier molecular flexibility index (Phi) is 5.90. The van der Waals surface area contributed by atoms with E-state index >= 15 is 0 Å². The lowest BCUT2D eigenvalue weighted by molar-refractivity contribution is -0.133. The van der Waals surface area contributed by atoms with Crippen molar-refractivity contribution in [3.63, 3.8) is 0 Å². The van der Waals surface area contributed by atoms with E-state index in [2.05, 4.69) is 6.92 Å². The number of Topliss-reactive ketones (excluding diaryl/α,β-unsaturated/α-hetero) is 1. The second-order valence-electron chi connectivity index (χ2n) is 6.68. The molecule has 4 rings (SSSR count). The fourth-order valence-corrected chi connectivity index (χ4v) is 3.49. The van der Waals surface area contributed by atoms with Crippen molar-refractivity contribution in [1.82, 2.24) is 14.7 Å². The predicted octanol–water partition coefficient (Wildman–Crippen LogP) is 0.785. The number of thioether (sulfide) groups is 1. The molecule has 0 amide bonds. The van der Waals surface area contributed by atoms with Gasteiger partial charge in [-0.2, -0.15) is 11.8 Å². The molecule has 7 nitrogen and oxygen atoms in total. The molecule has 4 aliphatic rings. The molecule has 3 heterocycles. The van der Waals surface area contributed by atoms with E-state index in [1.54, 1.807) is 0 Å². The van der Waals surface area contributed by atoms with Crippen molar-refractivity contribution in [1.29, 1.82) is 0 Å². The Labute approximate surface area is 157 Å². The topological polar surface area (TPSA) is 80.5 Å². The predicted molar refractivity (Wildman–Crippen MR) is 99.7 cm³/mol. The minimum atomic E-state index is -0.712. The third-order valence-corrected chi connectivity index (χ3v) is 5.38. The fourth-order valence-electron chi connectivity index (χ4n) is 2.68. The summed E-state index contributed by atoms with van der Waals surface area (Å²) in [5.41, 5.74) is 1.89. The van der Waals surface area contributed by atoms with Crippen LogP contribution >= 0.6 is 11.8 Å². The maximum absolute atomic E-state index is 12.4. The summed E-state index contributed by atoms with van der Waals surface area (Å²) in [7, 11) is 0. The molecule has 8 heteroatoms. The molecule has 1 N–H and O–H groups in total. The van der Waals surface area contributed by atoms with Gasteiger partial charge in [-0.15, -0.1) is 0 Å². The van der Waals surface area contributed by atoms with Gasteiger partial charge in [0.25, 0.3) is 0 Å². The maximum atomic E-state index is 12.4. The zero-order valence-corrected chi connectivity index (χ0v) is 15.9. The number of carboxylic acid groups (broad SMARTS) is 1. The lowest BCUT2D eigenvalue weighted by Gasteiger charge is -2.21. The number of rotatable bonds is 8. The summed E-state index contributed by atoms with van der Waals surface area (Å²) in [4.78, 5) is 40.4. The molecule has 0 atom stereocenters. The molecule has 0 aromatic carbocycles. The van der Waals surface area contributed by atoms with Crippen LogP contribution in [0.1, 0.15) is 19.8 Å². The lowest BCUT2D eigenvalue weighted by atomic mass is 10.0. The minimum Gasteiger partial charge on any atom is -0.481 e. The Hall–Kier alpha value is -1.96. The van der Waals surface area contributed by atoms with Gasteiger partial charge in [-0.3, -0.25) is 14.4 Å². The van der Waals surface area contributed by atoms with Crippen molar-refractivity contribution < 1.29 is 19.5 Å². The monoisotopic (exact) mass is 379 g/mol. The molecular formula is C18H25N3O4S. The molecule has 0 saturated carbocycles. The van der Waals surface area contributed by atoms with Gasteiger partial charge in [0, 0.05) is 45.3 Å². The number of allylic oxidation sites excluding steroid dienone is 1. The number of hydrogen-bond acceptors (Lipinski definition) is 7. The molecule has 142 valence electrons. The molecular weight excluding hydrogens is 354 g/mol. The van der Waals surface area contributed by atoms with Gasteiger partial charge in [0.2, 0.25) is 11.6 Å². The highest BCUT2D eigenvalue weighted by Gasteiger charge is 2.43. The zero-order chi connectivity index (χ0) is 18.7. The van der Waals surface area contributed by atoms with Crippen LogP contribution in [0.2, 0.25) is 0 Å². The summed E-state index contributed by atoms with van der Waals surface area (Å²) >= 11 is 1.49. The molecule has 3 aliphatic heterocycles. The van der Waals surface area contributed by atoms with E-state index in [9.17, 15) is 14.4 Å². The molecule has 3 saturated heterocycles. The molecule has 1 aliphatic carbocycles. The Morgan fingerprint density at radius 1 is 1.04 bits per heavy atom. The van der Waals surface area contributed by atoms with E-state index in [-0.39, 0.29) is 17.3 Å². The number of nitrogens with zero attached hydrogens (tertiary/aromatic N) is 3. The first kappa shape index (κ1) is 18.8. The summed E-state index contributed by atoms with van der Waals surface area (Å²) in [6.07, 6.45) is 3.79. The molecule has 0 bridgehead atoms. The quantitative estimate of drug-likeness (QED) is 0.377. The van der Waals surface area contributed by atoms with Crippen LogP contribution in [-0.2, 0) is 14.4 Å². The molecule has 26 heavy (non-hydrogen) atoms. The van der Waals surface area contributed by atoms with Gasteiger partial charge in [0.05, 0.1) is 11.4 Å². The van der Waals surface area contributed by atoms with E-state index in [0.717, 1.165) is 57.9 Å². The van der Waals surface area contributed by atoms with E-state index in [1.807, 2.05) is 14.7 Å². The number of carbonyl (C=O) groups excluding carboxylic acids is 2. The van der Waals surface area contributed by atoms with Gasteiger partial charge in [-0.1, -0.05) is 13.3 Å². The number of carbonyl (C=O) groups is 3. The fraction of sp³-hybridized carbons (Fsp3) is 0.611. The molecule has 0 aromatic rings. The van der Waals surface area contributed by atoms with Crippen LogP contribution in [0.5, 0.6) is 0 Å². The van der Waals surface area contributed by atoms with Gasteiger partial charge in [0.1, 0.15) is 11.4 Å². The van der Waals surface area contributed by atoms with Crippen LogP contribution in [-0.4, -0.2) is 88.1 Å². The van der Waals surface area contributed by atoms with Crippen LogP contribution in [0.25, 0.3) is 0 Å². The number of ketones is 2. The Balaban J connectivity index is 0.000000188. The Morgan fingerprint density at radius 3 is 2.12 bits per heavy atom. The van der Waals surface area contributed by atoms with Gasteiger partial charge >= 0.3 is 5.97 Å². The first-order valence-electron chi connectivity index (χ1n) is 9.12. The third kappa shape index (κ3) is 4.81. The Morgan fingerprint density at radius 2 is 1.62 bits per heavy atom. The van der Waals surface area contributed by atoms with Gasteiger partial charge in [-0.25, -0.2) is 0 Å². The molecule has 3 fully saturated rings. The van der Waals surface area contributed by atoms with Gasteiger partial charge < -0.3 is 19.8 Å². The average Bonchev–Trinajstić information content (AvgIpc) is 3.47. The zero-order valence-electron chi connectivity index (χ0n) is 15.1. The van der Waals surface area contributed by atoms with E-state index in [0.29, 0.717) is 17.1 Å². The van der Waals surface area contributed by atoms with Crippen molar-refractivity contribution in [3.8, 4) is 0 Å². The average molecular weight is 379 g/mol. The first-order chi connectivity index (χ1) is 12.5. The largest absolute Gasteiger partial charge is 0.481 e. The highest BCUT2D eigenvalue weighted by Crippen LogP contribution is 2.33.